The SMILES string of the molecule is Cc1cc(C(=O)O)cc2c1OCCN(C(=O)OCc1ccccc1)C2. The number of carboxylic acids is 1. The third-order valence-corrected chi connectivity index (χ3v) is 4.03. The molecular weight excluding hydrogens is 322 g/mol. The number of carbonyl (C=O) groups excluding carboxylic acids is 1. The molecule has 6 nitrogen and oxygen atoms in total. The lowest BCUT2D eigenvalue weighted by Gasteiger charge is -2.19. The van der Waals surface area contributed by atoms with Crippen LogP contribution in [0, 0.1) is 6.92 Å². The Labute approximate surface area is 145 Å². The molecule has 0 aromatic heterocycles. The minimum absolute atomic E-state index is 0.180. The molecule has 1 heterocycles. The maximum atomic E-state index is 12.4. The summed E-state index contributed by atoms with van der Waals surface area (Å²) < 4.78 is 11.1. The van der Waals surface area contributed by atoms with Crippen molar-refractivity contribution < 1.29 is 24.2 Å². The number of aryl methyl sites for hydroxylation is 1. The molecule has 0 bridgehead atoms. The molecule has 0 aliphatic carbocycles. The number of carboxylic acid groups (broad SMARTS) is 1. The first-order valence-electron chi connectivity index (χ1n) is 8.00. The molecule has 0 unspecified atom stereocenters. The summed E-state index contributed by atoms with van der Waals surface area (Å²) in [5.41, 5.74) is 2.51. The fourth-order valence-corrected chi connectivity index (χ4v) is 2.80. The maximum Gasteiger partial charge on any atom is 0.410 e. The quantitative estimate of drug-likeness (QED) is 0.927. The summed E-state index contributed by atoms with van der Waals surface area (Å²) in [6.07, 6.45) is -0.446. The lowest BCUT2D eigenvalue weighted by Crippen LogP contribution is -2.32. The zero-order valence-corrected chi connectivity index (χ0v) is 13.9. The average Bonchev–Trinajstić information content (AvgIpc) is 2.83. The highest BCUT2D eigenvalue weighted by atomic mass is 16.6. The van der Waals surface area contributed by atoms with E-state index in [1.165, 1.54) is 4.90 Å². The number of hydrogen-bond acceptors (Lipinski definition) is 4. The maximum absolute atomic E-state index is 12.4. The Morgan fingerprint density at radius 2 is 2.00 bits per heavy atom. The second kappa shape index (κ2) is 7.25. The number of hydrogen-bond donors (Lipinski definition) is 1. The highest BCUT2D eigenvalue weighted by molar-refractivity contribution is 5.88. The second-order valence-corrected chi connectivity index (χ2v) is 5.90. The summed E-state index contributed by atoms with van der Waals surface area (Å²) in [7, 11) is 0. The van der Waals surface area contributed by atoms with Gasteiger partial charge in [0.1, 0.15) is 19.0 Å². The second-order valence-electron chi connectivity index (χ2n) is 5.90. The van der Waals surface area contributed by atoms with Crippen LogP contribution in [0.25, 0.3) is 0 Å². The van der Waals surface area contributed by atoms with E-state index in [4.69, 9.17) is 9.47 Å². The third-order valence-electron chi connectivity index (χ3n) is 4.03. The Bertz CT molecular complexity index is 788. The predicted octanol–water partition coefficient (Wildman–Crippen LogP) is 3.22. The van der Waals surface area contributed by atoms with Gasteiger partial charge in [-0.1, -0.05) is 30.3 Å². The normalized spacial score (nSPS) is 13.4. The number of amides is 1. The van der Waals surface area contributed by atoms with Gasteiger partial charge in [0.05, 0.1) is 18.7 Å². The van der Waals surface area contributed by atoms with Gasteiger partial charge in [-0.15, -0.1) is 0 Å². The van der Waals surface area contributed by atoms with Gasteiger partial charge in [-0.05, 0) is 30.2 Å². The molecule has 1 aliphatic rings. The van der Waals surface area contributed by atoms with Crippen molar-refractivity contribution in [3.05, 3.63) is 64.7 Å². The lowest BCUT2D eigenvalue weighted by molar-refractivity contribution is 0.0696. The van der Waals surface area contributed by atoms with Gasteiger partial charge in [0.25, 0.3) is 0 Å². The van der Waals surface area contributed by atoms with E-state index in [1.54, 1.807) is 19.1 Å². The molecule has 130 valence electrons. The summed E-state index contributed by atoms with van der Waals surface area (Å²) in [4.78, 5) is 25.2. The number of benzene rings is 2. The highest BCUT2D eigenvalue weighted by Gasteiger charge is 2.23. The smallest absolute Gasteiger partial charge is 0.410 e. The lowest BCUT2D eigenvalue weighted by atomic mass is 10.0. The zero-order valence-electron chi connectivity index (χ0n) is 13.9. The molecule has 3 rings (SSSR count). The van der Waals surface area contributed by atoms with Crippen molar-refractivity contribution in [2.24, 2.45) is 0 Å². The van der Waals surface area contributed by atoms with Crippen LogP contribution in [0.3, 0.4) is 0 Å². The molecule has 0 atom stereocenters. The molecule has 1 aliphatic heterocycles. The molecule has 0 saturated heterocycles. The summed E-state index contributed by atoms with van der Waals surface area (Å²) in [5.74, 6) is -0.364. The number of ether oxygens (including phenoxy) is 2. The van der Waals surface area contributed by atoms with Gasteiger partial charge in [-0.3, -0.25) is 0 Å². The fourth-order valence-electron chi connectivity index (χ4n) is 2.80. The number of rotatable bonds is 3. The van der Waals surface area contributed by atoms with Gasteiger partial charge in [-0.2, -0.15) is 0 Å². The Morgan fingerprint density at radius 3 is 2.72 bits per heavy atom. The number of nitrogens with zero attached hydrogens (tertiary/aromatic N) is 1. The minimum atomic E-state index is -1.01. The minimum Gasteiger partial charge on any atom is -0.491 e. The van der Waals surface area contributed by atoms with Crippen LogP contribution in [-0.2, 0) is 17.9 Å². The van der Waals surface area contributed by atoms with Crippen molar-refractivity contribution >= 4 is 12.1 Å². The Morgan fingerprint density at radius 1 is 1.24 bits per heavy atom. The van der Waals surface area contributed by atoms with E-state index in [2.05, 4.69) is 0 Å². The van der Waals surface area contributed by atoms with Crippen LogP contribution in [0.1, 0.15) is 27.0 Å². The molecule has 1 N–H and O–H groups in total. The van der Waals surface area contributed by atoms with Crippen molar-refractivity contribution in [3.63, 3.8) is 0 Å². The Hall–Kier alpha value is -3.02. The molecule has 0 fully saturated rings. The van der Waals surface area contributed by atoms with Crippen LogP contribution in [0.2, 0.25) is 0 Å². The van der Waals surface area contributed by atoms with Crippen LogP contribution < -0.4 is 4.74 Å². The van der Waals surface area contributed by atoms with Crippen LogP contribution in [0.4, 0.5) is 4.79 Å². The van der Waals surface area contributed by atoms with Crippen LogP contribution in [0.5, 0.6) is 5.75 Å². The van der Waals surface area contributed by atoms with E-state index in [-0.39, 0.29) is 18.7 Å². The van der Waals surface area contributed by atoms with E-state index < -0.39 is 12.1 Å². The summed E-state index contributed by atoms with van der Waals surface area (Å²) in [6.45, 7) is 2.96. The third kappa shape index (κ3) is 3.91. The number of fused-ring (bicyclic) bond motifs is 1. The first-order chi connectivity index (χ1) is 12.0. The van der Waals surface area contributed by atoms with Crippen molar-refractivity contribution in [2.75, 3.05) is 13.2 Å². The fraction of sp³-hybridized carbons (Fsp3) is 0.263. The van der Waals surface area contributed by atoms with Gasteiger partial charge in [-0.25, -0.2) is 9.59 Å². The highest BCUT2D eigenvalue weighted by Crippen LogP contribution is 2.29. The molecule has 0 radical (unpaired) electrons. The van der Waals surface area contributed by atoms with Gasteiger partial charge >= 0.3 is 12.1 Å². The van der Waals surface area contributed by atoms with Crippen LogP contribution in [-0.4, -0.2) is 35.2 Å². The topological polar surface area (TPSA) is 76.1 Å². The molecule has 2 aromatic rings. The van der Waals surface area contributed by atoms with Gasteiger partial charge in [0.2, 0.25) is 0 Å². The van der Waals surface area contributed by atoms with Gasteiger partial charge < -0.3 is 19.5 Å². The molecule has 2 aromatic carbocycles. The van der Waals surface area contributed by atoms with E-state index in [0.717, 1.165) is 11.1 Å². The van der Waals surface area contributed by atoms with Crippen LogP contribution >= 0.6 is 0 Å². The zero-order chi connectivity index (χ0) is 17.8. The van der Waals surface area contributed by atoms with E-state index in [1.807, 2.05) is 30.3 Å². The molecule has 6 heteroatoms. The molecule has 1 amide bonds. The summed E-state index contributed by atoms with van der Waals surface area (Å²) >= 11 is 0. The summed E-state index contributed by atoms with van der Waals surface area (Å²) in [6, 6.07) is 12.6. The van der Waals surface area contributed by atoms with Gasteiger partial charge in [0.15, 0.2) is 0 Å². The van der Waals surface area contributed by atoms with E-state index >= 15 is 0 Å². The molecule has 25 heavy (non-hydrogen) atoms. The Balaban J connectivity index is 1.74. The Kier molecular flexibility index (Phi) is 4.88. The van der Waals surface area contributed by atoms with E-state index in [0.29, 0.717) is 24.5 Å². The van der Waals surface area contributed by atoms with Crippen molar-refractivity contribution in [3.8, 4) is 5.75 Å². The largest absolute Gasteiger partial charge is 0.491 e. The monoisotopic (exact) mass is 341 g/mol. The standard InChI is InChI=1S/C19H19NO5/c1-13-9-15(18(21)22)10-16-11-20(7-8-24-17(13)16)19(23)25-12-14-5-3-2-4-6-14/h2-6,9-10H,7-8,11-12H2,1H3,(H,21,22). The first kappa shape index (κ1) is 16.8. The predicted molar refractivity (Wildman–Crippen MR) is 90.7 cm³/mol. The van der Waals surface area contributed by atoms with Crippen molar-refractivity contribution in [2.45, 2.75) is 20.1 Å². The van der Waals surface area contributed by atoms with E-state index in [9.17, 15) is 14.7 Å². The van der Waals surface area contributed by atoms with Crippen molar-refractivity contribution in [1.29, 1.82) is 0 Å². The first-order valence-corrected chi connectivity index (χ1v) is 8.00. The van der Waals surface area contributed by atoms with Crippen molar-refractivity contribution in [1.82, 2.24) is 4.90 Å². The molecular formula is C19H19NO5. The molecule has 0 saturated carbocycles. The van der Waals surface area contributed by atoms with Crippen LogP contribution in [0.15, 0.2) is 42.5 Å². The van der Waals surface area contributed by atoms with Gasteiger partial charge in [0, 0.05) is 5.56 Å². The number of carbonyl (C=O) groups is 2. The number of aromatic carboxylic acids is 1. The average molecular weight is 341 g/mol. The summed E-state index contributed by atoms with van der Waals surface area (Å²) in [5, 5.41) is 9.22. The molecule has 0 spiro atoms.